The highest BCUT2D eigenvalue weighted by atomic mass is 16.1. The van der Waals surface area contributed by atoms with Gasteiger partial charge in [0, 0.05) is 11.8 Å². The SMILES string of the molecule is C=C1CC(C)C(=O)C(C)C1C. The van der Waals surface area contributed by atoms with E-state index in [1.165, 1.54) is 5.57 Å². The van der Waals surface area contributed by atoms with Crippen LogP contribution in [-0.4, -0.2) is 5.78 Å². The van der Waals surface area contributed by atoms with Gasteiger partial charge in [-0.05, 0) is 12.3 Å². The number of hydrogen-bond acceptors (Lipinski definition) is 1. The zero-order valence-corrected chi connectivity index (χ0v) is 7.55. The van der Waals surface area contributed by atoms with Crippen LogP contribution in [0.25, 0.3) is 0 Å². The number of hydrogen-bond donors (Lipinski definition) is 0. The summed E-state index contributed by atoms with van der Waals surface area (Å²) in [6.07, 6.45) is 0.893. The van der Waals surface area contributed by atoms with Gasteiger partial charge >= 0.3 is 0 Å². The van der Waals surface area contributed by atoms with E-state index in [4.69, 9.17) is 0 Å². The molecule has 0 aromatic rings. The van der Waals surface area contributed by atoms with E-state index < -0.39 is 0 Å². The van der Waals surface area contributed by atoms with Gasteiger partial charge in [0.05, 0.1) is 0 Å². The van der Waals surface area contributed by atoms with Crippen molar-refractivity contribution in [2.24, 2.45) is 17.8 Å². The van der Waals surface area contributed by atoms with E-state index in [-0.39, 0.29) is 11.8 Å². The molecule has 0 aromatic heterocycles. The molecular weight excluding hydrogens is 136 g/mol. The molecule has 1 aliphatic carbocycles. The Kier molecular flexibility index (Phi) is 2.17. The smallest absolute Gasteiger partial charge is 0.139 e. The van der Waals surface area contributed by atoms with Crippen LogP contribution in [-0.2, 0) is 4.79 Å². The quantitative estimate of drug-likeness (QED) is 0.487. The Morgan fingerprint density at radius 1 is 1.27 bits per heavy atom. The Balaban J connectivity index is 2.78. The van der Waals surface area contributed by atoms with Crippen LogP contribution in [0.2, 0.25) is 0 Å². The summed E-state index contributed by atoms with van der Waals surface area (Å²) in [6, 6.07) is 0. The van der Waals surface area contributed by atoms with Gasteiger partial charge in [-0.3, -0.25) is 4.79 Å². The molecule has 0 aliphatic heterocycles. The fraction of sp³-hybridized carbons (Fsp3) is 0.700. The molecule has 1 heteroatoms. The van der Waals surface area contributed by atoms with Crippen LogP contribution in [0.5, 0.6) is 0 Å². The van der Waals surface area contributed by atoms with Crippen LogP contribution < -0.4 is 0 Å². The first-order chi connectivity index (χ1) is 5.04. The fourth-order valence-electron chi connectivity index (χ4n) is 1.73. The molecule has 62 valence electrons. The third-order valence-electron chi connectivity index (χ3n) is 2.90. The third-order valence-corrected chi connectivity index (χ3v) is 2.90. The third kappa shape index (κ3) is 1.37. The summed E-state index contributed by atoms with van der Waals surface area (Å²) in [7, 11) is 0. The first-order valence-corrected chi connectivity index (χ1v) is 4.25. The van der Waals surface area contributed by atoms with E-state index in [0.29, 0.717) is 11.7 Å². The zero-order valence-electron chi connectivity index (χ0n) is 7.55. The van der Waals surface area contributed by atoms with E-state index in [0.717, 1.165) is 6.42 Å². The summed E-state index contributed by atoms with van der Waals surface area (Å²) < 4.78 is 0. The van der Waals surface area contributed by atoms with Gasteiger partial charge in [0.25, 0.3) is 0 Å². The van der Waals surface area contributed by atoms with Crippen molar-refractivity contribution in [3.63, 3.8) is 0 Å². The van der Waals surface area contributed by atoms with Crippen molar-refractivity contribution in [3.05, 3.63) is 12.2 Å². The van der Waals surface area contributed by atoms with Crippen LogP contribution in [0.15, 0.2) is 12.2 Å². The predicted octanol–water partition coefficient (Wildman–Crippen LogP) is 2.42. The highest BCUT2D eigenvalue weighted by Gasteiger charge is 2.32. The number of ketones is 1. The lowest BCUT2D eigenvalue weighted by Gasteiger charge is -2.30. The number of carbonyl (C=O) groups is 1. The van der Waals surface area contributed by atoms with E-state index in [1.54, 1.807) is 0 Å². The molecule has 0 amide bonds. The molecular formula is C10H16O. The normalized spacial score (nSPS) is 39.4. The molecule has 1 aliphatic rings. The van der Waals surface area contributed by atoms with Crippen LogP contribution in [0.1, 0.15) is 27.2 Å². The lowest BCUT2D eigenvalue weighted by molar-refractivity contribution is -0.128. The largest absolute Gasteiger partial charge is 0.299 e. The summed E-state index contributed by atoms with van der Waals surface area (Å²) in [6.45, 7) is 10.1. The molecule has 0 saturated heterocycles. The molecule has 0 heterocycles. The predicted molar refractivity (Wildman–Crippen MR) is 46.3 cm³/mol. The minimum Gasteiger partial charge on any atom is -0.299 e. The molecule has 11 heavy (non-hydrogen) atoms. The molecule has 0 N–H and O–H groups in total. The second-order valence-electron chi connectivity index (χ2n) is 3.74. The summed E-state index contributed by atoms with van der Waals surface area (Å²) in [5.41, 5.74) is 1.24. The average Bonchev–Trinajstić information content (AvgIpc) is 1.97. The van der Waals surface area contributed by atoms with Crippen LogP contribution in [0.3, 0.4) is 0 Å². The standard InChI is InChI=1S/C10H16O/c1-6-5-7(2)10(11)9(4)8(6)3/h7-9H,1,5H2,2-4H3. The number of carbonyl (C=O) groups excluding carboxylic acids is 1. The molecule has 3 unspecified atom stereocenters. The van der Waals surface area contributed by atoms with Gasteiger partial charge in [0.2, 0.25) is 0 Å². The second kappa shape index (κ2) is 2.80. The fourth-order valence-corrected chi connectivity index (χ4v) is 1.73. The van der Waals surface area contributed by atoms with Crippen molar-refractivity contribution >= 4 is 5.78 Å². The van der Waals surface area contributed by atoms with E-state index in [1.807, 2.05) is 13.8 Å². The van der Waals surface area contributed by atoms with Crippen molar-refractivity contribution < 1.29 is 4.79 Å². The van der Waals surface area contributed by atoms with Gasteiger partial charge in [-0.25, -0.2) is 0 Å². The Morgan fingerprint density at radius 2 is 1.82 bits per heavy atom. The maximum Gasteiger partial charge on any atom is 0.139 e. The summed E-state index contributed by atoms with van der Waals surface area (Å²) in [5, 5.41) is 0. The number of allylic oxidation sites excluding steroid dienone is 1. The van der Waals surface area contributed by atoms with Crippen LogP contribution in [0, 0.1) is 17.8 Å². The Morgan fingerprint density at radius 3 is 2.36 bits per heavy atom. The first-order valence-electron chi connectivity index (χ1n) is 4.25. The molecule has 1 rings (SSSR count). The Labute approximate surface area is 68.5 Å². The summed E-state index contributed by atoms with van der Waals surface area (Å²) in [5.74, 6) is 1.18. The minimum atomic E-state index is 0.186. The highest BCUT2D eigenvalue weighted by Crippen LogP contribution is 2.33. The molecule has 0 bridgehead atoms. The monoisotopic (exact) mass is 152 g/mol. The van der Waals surface area contributed by atoms with E-state index in [9.17, 15) is 4.79 Å². The summed E-state index contributed by atoms with van der Waals surface area (Å²) in [4.78, 5) is 11.4. The van der Waals surface area contributed by atoms with Gasteiger partial charge in [0.1, 0.15) is 5.78 Å². The average molecular weight is 152 g/mol. The molecule has 0 radical (unpaired) electrons. The van der Waals surface area contributed by atoms with Crippen LogP contribution in [0.4, 0.5) is 0 Å². The summed E-state index contributed by atoms with van der Waals surface area (Å²) >= 11 is 0. The van der Waals surface area contributed by atoms with Crippen molar-refractivity contribution in [1.82, 2.24) is 0 Å². The lowest BCUT2D eigenvalue weighted by atomic mass is 9.73. The van der Waals surface area contributed by atoms with Crippen LogP contribution >= 0.6 is 0 Å². The van der Waals surface area contributed by atoms with Gasteiger partial charge in [-0.1, -0.05) is 32.9 Å². The van der Waals surface area contributed by atoms with Gasteiger partial charge in [-0.2, -0.15) is 0 Å². The van der Waals surface area contributed by atoms with Crippen molar-refractivity contribution in [1.29, 1.82) is 0 Å². The first kappa shape index (κ1) is 8.51. The van der Waals surface area contributed by atoms with Gasteiger partial charge in [0.15, 0.2) is 0 Å². The molecule has 0 spiro atoms. The van der Waals surface area contributed by atoms with Crippen molar-refractivity contribution in [3.8, 4) is 0 Å². The number of Topliss-reactive ketones (excluding diaryl/α,β-unsaturated/α-hetero) is 1. The molecule has 3 atom stereocenters. The van der Waals surface area contributed by atoms with Crippen molar-refractivity contribution in [2.45, 2.75) is 27.2 Å². The Hall–Kier alpha value is -0.590. The second-order valence-corrected chi connectivity index (χ2v) is 3.74. The molecule has 1 fully saturated rings. The molecule has 1 nitrogen and oxygen atoms in total. The molecule has 1 saturated carbocycles. The van der Waals surface area contributed by atoms with E-state index in [2.05, 4.69) is 13.5 Å². The van der Waals surface area contributed by atoms with Gasteiger partial charge < -0.3 is 0 Å². The number of rotatable bonds is 0. The highest BCUT2D eigenvalue weighted by molar-refractivity contribution is 5.84. The Bertz CT molecular complexity index is 193. The van der Waals surface area contributed by atoms with Gasteiger partial charge in [-0.15, -0.1) is 0 Å². The topological polar surface area (TPSA) is 17.1 Å². The maximum atomic E-state index is 11.4. The van der Waals surface area contributed by atoms with E-state index >= 15 is 0 Å². The van der Waals surface area contributed by atoms with Crippen molar-refractivity contribution in [2.75, 3.05) is 0 Å². The minimum absolute atomic E-state index is 0.186. The zero-order chi connectivity index (χ0) is 8.59. The lowest BCUT2D eigenvalue weighted by Crippen LogP contribution is -2.31. The maximum absolute atomic E-state index is 11.4. The molecule has 0 aromatic carbocycles.